The monoisotopic (exact) mass is 235 g/mol. The number of nitrogens with two attached hydrogens (primary N) is 1. The van der Waals surface area contributed by atoms with Crippen LogP contribution in [0.3, 0.4) is 0 Å². The maximum absolute atomic E-state index is 5.68. The van der Waals surface area contributed by atoms with E-state index in [0.29, 0.717) is 0 Å². The minimum absolute atomic E-state index is 0. The summed E-state index contributed by atoms with van der Waals surface area (Å²) in [5, 5.41) is 0. The molecule has 1 aromatic carbocycles. The number of nitrogens with one attached hydrogen (secondary N) is 1. The van der Waals surface area contributed by atoms with Crippen molar-refractivity contribution in [3.63, 3.8) is 0 Å². The van der Waals surface area contributed by atoms with Crippen LogP contribution in [0.4, 0.5) is 5.69 Å². The molecular formula is C11H10ClN3O. The van der Waals surface area contributed by atoms with Crippen molar-refractivity contribution >= 4 is 29.1 Å². The lowest BCUT2D eigenvalue weighted by atomic mass is 10.3. The van der Waals surface area contributed by atoms with Crippen LogP contribution in [0.2, 0.25) is 0 Å². The molecule has 0 atom stereocenters. The molecule has 4 nitrogen and oxygen atoms in total. The third kappa shape index (κ3) is 1.63. The fraction of sp³-hybridized carbons (Fsp3) is 0. The molecule has 0 bridgehead atoms. The topological polar surface area (TPSA) is 67.8 Å². The van der Waals surface area contributed by atoms with Crippen molar-refractivity contribution < 1.29 is 4.42 Å². The number of nitrogen functional groups attached to an aromatic ring is 1. The zero-order valence-electron chi connectivity index (χ0n) is 8.31. The van der Waals surface area contributed by atoms with Crippen LogP contribution >= 0.6 is 12.4 Å². The van der Waals surface area contributed by atoms with Crippen molar-refractivity contribution in [2.45, 2.75) is 0 Å². The number of rotatable bonds is 1. The van der Waals surface area contributed by atoms with Crippen LogP contribution in [0, 0.1) is 0 Å². The molecule has 0 saturated heterocycles. The molecule has 0 radical (unpaired) electrons. The molecule has 3 N–H and O–H groups in total. The number of fused-ring (bicyclic) bond motifs is 1. The van der Waals surface area contributed by atoms with Crippen LogP contribution in [0.5, 0.6) is 0 Å². The molecule has 3 aromatic rings. The van der Waals surface area contributed by atoms with Gasteiger partial charge in [-0.2, -0.15) is 0 Å². The number of hydrogen-bond acceptors (Lipinski definition) is 3. The average molecular weight is 236 g/mol. The molecule has 16 heavy (non-hydrogen) atoms. The largest absolute Gasteiger partial charge is 0.461 e. The highest BCUT2D eigenvalue weighted by molar-refractivity contribution is 5.85. The molecular weight excluding hydrogens is 226 g/mol. The third-order valence-electron chi connectivity index (χ3n) is 2.26. The standard InChI is InChI=1S/C11H9N3O.ClH/c12-7-3-4-8-9(6-7)14-11(13-8)10-2-1-5-15-10;/h1-6H,12H2,(H,13,14);1H. The molecule has 0 spiro atoms. The van der Waals surface area contributed by atoms with Gasteiger partial charge in [-0.25, -0.2) is 4.98 Å². The van der Waals surface area contributed by atoms with Gasteiger partial charge in [-0.3, -0.25) is 0 Å². The fourth-order valence-electron chi connectivity index (χ4n) is 1.56. The lowest BCUT2D eigenvalue weighted by Gasteiger charge is -1.89. The van der Waals surface area contributed by atoms with E-state index in [1.807, 2.05) is 30.3 Å². The molecule has 0 saturated carbocycles. The SMILES string of the molecule is Cl.Nc1ccc2nc(-c3ccco3)[nH]c2c1. The second-order valence-corrected chi connectivity index (χ2v) is 3.34. The lowest BCUT2D eigenvalue weighted by Crippen LogP contribution is -1.82. The first-order valence-electron chi connectivity index (χ1n) is 4.62. The molecule has 82 valence electrons. The number of H-pyrrole nitrogens is 1. The van der Waals surface area contributed by atoms with Crippen molar-refractivity contribution in [2.75, 3.05) is 5.73 Å². The predicted octanol–water partition coefficient (Wildman–Crippen LogP) is 2.83. The van der Waals surface area contributed by atoms with Gasteiger partial charge in [-0.15, -0.1) is 12.4 Å². The third-order valence-corrected chi connectivity index (χ3v) is 2.26. The Bertz CT molecular complexity index is 601. The fourth-order valence-corrected chi connectivity index (χ4v) is 1.56. The zero-order valence-corrected chi connectivity index (χ0v) is 9.12. The van der Waals surface area contributed by atoms with E-state index in [2.05, 4.69) is 9.97 Å². The Kier molecular flexibility index (Phi) is 2.58. The van der Waals surface area contributed by atoms with Crippen LogP contribution in [0.25, 0.3) is 22.6 Å². The highest BCUT2D eigenvalue weighted by atomic mass is 35.5. The summed E-state index contributed by atoms with van der Waals surface area (Å²) in [5.41, 5.74) is 8.20. The number of aromatic nitrogens is 2. The van der Waals surface area contributed by atoms with E-state index < -0.39 is 0 Å². The van der Waals surface area contributed by atoms with Crippen LogP contribution in [0.1, 0.15) is 0 Å². The first-order chi connectivity index (χ1) is 7.33. The molecule has 0 unspecified atom stereocenters. The van der Waals surface area contributed by atoms with Gasteiger partial charge in [0.25, 0.3) is 0 Å². The predicted molar refractivity (Wildman–Crippen MR) is 65.5 cm³/mol. The van der Waals surface area contributed by atoms with Gasteiger partial charge in [0, 0.05) is 5.69 Å². The summed E-state index contributed by atoms with van der Waals surface area (Å²) in [6.07, 6.45) is 1.62. The summed E-state index contributed by atoms with van der Waals surface area (Å²) in [6.45, 7) is 0. The number of aromatic amines is 1. The summed E-state index contributed by atoms with van der Waals surface area (Å²) in [5.74, 6) is 1.45. The Labute approximate surface area is 97.9 Å². The van der Waals surface area contributed by atoms with Crippen molar-refractivity contribution in [1.29, 1.82) is 0 Å². The van der Waals surface area contributed by atoms with Gasteiger partial charge >= 0.3 is 0 Å². The zero-order chi connectivity index (χ0) is 10.3. The smallest absolute Gasteiger partial charge is 0.174 e. The molecule has 3 rings (SSSR count). The second kappa shape index (κ2) is 3.90. The Balaban J connectivity index is 0.000000963. The van der Waals surface area contributed by atoms with Gasteiger partial charge in [-0.1, -0.05) is 0 Å². The first-order valence-corrected chi connectivity index (χ1v) is 4.62. The summed E-state index contributed by atoms with van der Waals surface area (Å²) < 4.78 is 5.25. The molecule has 0 fully saturated rings. The van der Waals surface area contributed by atoms with Crippen LogP contribution < -0.4 is 5.73 Å². The summed E-state index contributed by atoms with van der Waals surface area (Å²) in [7, 11) is 0. The molecule has 0 aliphatic carbocycles. The summed E-state index contributed by atoms with van der Waals surface area (Å²) in [4.78, 5) is 7.55. The van der Waals surface area contributed by atoms with Crippen molar-refractivity contribution in [3.8, 4) is 11.6 Å². The van der Waals surface area contributed by atoms with Gasteiger partial charge in [0.15, 0.2) is 11.6 Å². The number of benzene rings is 1. The molecule has 2 aromatic heterocycles. The van der Waals surface area contributed by atoms with Crippen LogP contribution in [0.15, 0.2) is 41.0 Å². The lowest BCUT2D eigenvalue weighted by molar-refractivity contribution is 0.578. The number of hydrogen-bond donors (Lipinski definition) is 2. The Morgan fingerprint density at radius 3 is 2.88 bits per heavy atom. The van der Waals surface area contributed by atoms with E-state index in [1.54, 1.807) is 6.26 Å². The van der Waals surface area contributed by atoms with Gasteiger partial charge < -0.3 is 15.1 Å². The van der Waals surface area contributed by atoms with Gasteiger partial charge in [0.2, 0.25) is 0 Å². The maximum atomic E-state index is 5.68. The normalized spacial score (nSPS) is 10.2. The van der Waals surface area contributed by atoms with Crippen molar-refractivity contribution in [2.24, 2.45) is 0 Å². The molecule has 0 aliphatic heterocycles. The van der Waals surface area contributed by atoms with E-state index in [4.69, 9.17) is 10.2 Å². The number of nitrogens with zero attached hydrogens (tertiary/aromatic N) is 1. The van der Waals surface area contributed by atoms with Gasteiger partial charge in [-0.05, 0) is 30.3 Å². The van der Waals surface area contributed by atoms with Crippen molar-refractivity contribution in [3.05, 3.63) is 36.6 Å². The maximum Gasteiger partial charge on any atom is 0.174 e. The minimum atomic E-state index is 0. The van der Waals surface area contributed by atoms with Gasteiger partial charge in [0.1, 0.15) is 0 Å². The molecule has 2 heterocycles. The van der Waals surface area contributed by atoms with Crippen LogP contribution in [-0.2, 0) is 0 Å². The van der Waals surface area contributed by atoms with E-state index >= 15 is 0 Å². The molecule has 0 amide bonds. The average Bonchev–Trinajstić information content (AvgIpc) is 2.84. The summed E-state index contributed by atoms with van der Waals surface area (Å²) >= 11 is 0. The number of halogens is 1. The van der Waals surface area contributed by atoms with E-state index in [9.17, 15) is 0 Å². The second-order valence-electron chi connectivity index (χ2n) is 3.34. The Morgan fingerprint density at radius 2 is 2.12 bits per heavy atom. The number of furan rings is 1. The quantitative estimate of drug-likeness (QED) is 0.638. The molecule has 5 heteroatoms. The highest BCUT2D eigenvalue weighted by Crippen LogP contribution is 2.21. The Morgan fingerprint density at radius 1 is 1.25 bits per heavy atom. The first kappa shape index (κ1) is 10.6. The number of imidazole rings is 1. The molecule has 0 aliphatic rings. The van der Waals surface area contributed by atoms with E-state index in [1.165, 1.54) is 0 Å². The van der Waals surface area contributed by atoms with Crippen molar-refractivity contribution in [1.82, 2.24) is 9.97 Å². The highest BCUT2D eigenvalue weighted by Gasteiger charge is 2.06. The van der Waals surface area contributed by atoms with Crippen LogP contribution in [-0.4, -0.2) is 9.97 Å². The van der Waals surface area contributed by atoms with E-state index in [0.717, 1.165) is 28.3 Å². The minimum Gasteiger partial charge on any atom is -0.461 e. The Hall–Kier alpha value is -1.94. The summed E-state index contributed by atoms with van der Waals surface area (Å²) in [6, 6.07) is 9.26. The number of anilines is 1. The van der Waals surface area contributed by atoms with Gasteiger partial charge in [0.05, 0.1) is 17.3 Å². The van der Waals surface area contributed by atoms with E-state index in [-0.39, 0.29) is 12.4 Å².